The zero-order chi connectivity index (χ0) is 11.8. The number of carbonyl (C=O) groups is 1. The third kappa shape index (κ3) is 1.86. The number of rotatable bonds is 1. The molecule has 0 radical (unpaired) electrons. The molecule has 4 nitrogen and oxygen atoms in total. The van der Waals surface area contributed by atoms with Gasteiger partial charge < -0.3 is 0 Å². The molecule has 0 fully saturated rings. The van der Waals surface area contributed by atoms with Crippen LogP contribution in [0.2, 0.25) is 0 Å². The summed E-state index contributed by atoms with van der Waals surface area (Å²) < 4.78 is 0. The van der Waals surface area contributed by atoms with Crippen LogP contribution in [-0.2, 0) is 6.42 Å². The fourth-order valence-corrected chi connectivity index (χ4v) is 2.69. The van der Waals surface area contributed by atoms with E-state index in [9.17, 15) is 4.79 Å². The molecule has 0 unspecified atom stereocenters. The summed E-state index contributed by atoms with van der Waals surface area (Å²) in [6.45, 7) is 1.95. The van der Waals surface area contributed by atoms with Crippen molar-refractivity contribution < 1.29 is 4.79 Å². The van der Waals surface area contributed by atoms with E-state index < -0.39 is 0 Å². The third-order valence-electron chi connectivity index (χ3n) is 2.80. The maximum absolute atomic E-state index is 11.6. The average molecular weight is 245 g/mol. The fourth-order valence-electron chi connectivity index (χ4n) is 1.95. The molecule has 0 spiro atoms. The number of ketones is 1. The van der Waals surface area contributed by atoms with Crippen LogP contribution in [0.4, 0.5) is 0 Å². The first-order chi connectivity index (χ1) is 8.24. The van der Waals surface area contributed by atoms with E-state index in [1.54, 1.807) is 6.20 Å². The van der Waals surface area contributed by atoms with Crippen molar-refractivity contribution in [2.45, 2.75) is 26.2 Å². The summed E-state index contributed by atoms with van der Waals surface area (Å²) in [5, 5.41) is 2.80. The summed E-state index contributed by atoms with van der Waals surface area (Å²) in [4.78, 5) is 24.7. The highest BCUT2D eigenvalue weighted by Gasteiger charge is 2.20. The topological polar surface area (TPSA) is 55.7 Å². The van der Waals surface area contributed by atoms with Crippen molar-refractivity contribution in [1.29, 1.82) is 0 Å². The minimum Gasteiger partial charge on any atom is -0.294 e. The van der Waals surface area contributed by atoms with E-state index in [4.69, 9.17) is 0 Å². The van der Waals surface area contributed by atoms with E-state index in [0.717, 1.165) is 29.2 Å². The molecule has 0 saturated heterocycles. The van der Waals surface area contributed by atoms with Gasteiger partial charge in [0.05, 0.1) is 11.3 Å². The van der Waals surface area contributed by atoms with Crippen molar-refractivity contribution in [2.24, 2.45) is 0 Å². The molecule has 86 valence electrons. The molecule has 2 aromatic heterocycles. The first-order valence-corrected chi connectivity index (χ1v) is 6.43. The molecule has 0 atom stereocenters. The van der Waals surface area contributed by atoms with E-state index in [0.29, 0.717) is 17.8 Å². The highest BCUT2D eigenvalue weighted by Crippen LogP contribution is 2.24. The highest BCUT2D eigenvalue weighted by molar-refractivity contribution is 7.13. The van der Waals surface area contributed by atoms with Crippen LogP contribution in [0.15, 0.2) is 11.6 Å². The van der Waals surface area contributed by atoms with Crippen LogP contribution in [0.1, 0.15) is 34.6 Å². The highest BCUT2D eigenvalue weighted by atomic mass is 32.1. The van der Waals surface area contributed by atoms with Gasteiger partial charge in [-0.15, -0.1) is 11.3 Å². The van der Waals surface area contributed by atoms with Crippen LogP contribution in [0, 0.1) is 6.92 Å². The number of Topliss-reactive ketones (excluding diaryl/α,β-unsaturated/α-hetero) is 1. The number of hydrogen-bond acceptors (Lipinski definition) is 5. The molecule has 17 heavy (non-hydrogen) atoms. The second-order valence-electron chi connectivity index (χ2n) is 4.12. The maximum atomic E-state index is 11.6. The Balaban J connectivity index is 2.06. The maximum Gasteiger partial charge on any atom is 0.188 e. The summed E-state index contributed by atoms with van der Waals surface area (Å²) in [5.74, 6) is 0.796. The Morgan fingerprint density at radius 1 is 1.29 bits per heavy atom. The second-order valence-corrected chi connectivity index (χ2v) is 4.98. The standard InChI is InChI=1S/C12H11N3OS/c1-7-6-17-12(14-7)11-13-5-8-9(15-11)3-2-4-10(8)16/h5-6H,2-4H2,1H3. The van der Waals surface area contributed by atoms with E-state index in [1.165, 1.54) is 11.3 Å². The summed E-state index contributed by atoms with van der Waals surface area (Å²) in [7, 11) is 0. The zero-order valence-electron chi connectivity index (χ0n) is 9.43. The number of fused-ring (bicyclic) bond motifs is 1. The van der Waals surface area contributed by atoms with Crippen molar-refractivity contribution in [3.8, 4) is 10.8 Å². The van der Waals surface area contributed by atoms with E-state index in [1.807, 2.05) is 12.3 Å². The van der Waals surface area contributed by atoms with Crippen LogP contribution in [-0.4, -0.2) is 20.7 Å². The predicted molar refractivity (Wildman–Crippen MR) is 65.1 cm³/mol. The number of carbonyl (C=O) groups excluding carboxylic acids is 1. The van der Waals surface area contributed by atoms with Gasteiger partial charge >= 0.3 is 0 Å². The first kappa shape index (κ1) is 10.5. The van der Waals surface area contributed by atoms with E-state index >= 15 is 0 Å². The lowest BCUT2D eigenvalue weighted by Crippen LogP contribution is -2.13. The minimum absolute atomic E-state index is 0.160. The normalized spacial score (nSPS) is 14.8. The molecule has 1 aliphatic rings. The SMILES string of the molecule is Cc1csc(-c2ncc3c(n2)CCCC3=O)n1. The Hall–Kier alpha value is -1.62. The van der Waals surface area contributed by atoms with E-state index in [2.05, 4.69) is 15.0 Å². The van der Waals surface area contributed by atoms with Gasteiger partial charge in [-0.1, -0.05) is 0 Å². The van der Waals surface area contributed by atoms with Gasteiger partial charge in [-0.05, 0) is 19.8 Å². The number of nitrogens with zero attached hydrogens (tertiary/aromatic N) is 3. The fraction of sp³-hybridized carbons (Fsp3) is 0.333. The molecular formula is C12H11N3OS. The molecule has 2 heterocycles. The summed E-state index contributed by atoms with van der Waals surface area (Å²) in [6, 6.07) is 0. The lowest BCUT2D eigenvalue weighted by Gasteiger charge is -2.12. The molecule has 0 N–H and O–H groups in total. The quantitative estimate of drug-likeness (QED) is 0.774. The smallest absolute Gasteiger partial charge is 0.188 e. The van der Waals surface area contributed by atoms with Crippen LogP contribution < -0.4 is 0 Å². The van der Waals surface area contributed by atoms with Gasteiger partial charge in [0.25, 0.3) is 0 Å². The first-order valence-electron chi connectivity index (χ1n) is 5.55. The Morgan fingerprint density at radius 3 is 2.94 bits per heavy atom. The van der Waals surface area contributed by atoms with E-state index in [-0.39, 0.29) is 5.78 Å². The van der Waals surface area contributed by atoms with Crippen LogP contribution >= 0.6 is 11.3 Å². The molecule has 1 aliphatic carbocycles. The van der Waals surface area contributed by atoms with Gasteiger partial charge in [0.2, 0.25) is 0 Å². The van der Waals surface area contributed by atoms with Gasteiger partial charge in [0.15, 0.2) is 16.6 Å². The van der Waals surface area contributed by atoms with Crippen molar-refractivity contribution >= 4 is 17.1 Å². The molecular weight excluding hydrogens is 234 g/mol. The monoisotopic (exact) mass is 245 g/mol. The predicted octanol–water partition coefficient (Wildman–Crippen LogP) is 2.43. The van der Waals surface area contributed by atoms with Crippen molar-refractivity contribution in [1.82, 2.24) is 15.0 Å². The number of aromatic nitrogens is 3. The Morgan fingerprint density at radius 2 is 2.18 bits per heavy atom. The van der Waals surface area contributed by atoms with Gasteiger partial charge in [0, 0.05) is 23.7 Å². The van der Waals surface area contributed by atoms with Crippen LogP contribution in [0.25, 0.3) is 10.8 Å². The molecule has 0 aliphatic heterocycles. The van der Waals surface area contributed by atoms with Crippen molar-refractivity contribution in [3.05, 3.63) is 28.5 Å². The molecule has 2 aromatic rings. The zero-order valence-corrected chi connectivity index (χ0v) is 10.3. The molecule has 0 bridgehead atoms. The number of thiazole rings is 1. The van der Waals surface area contributed by atoms with Gasteiger partial charge in [-0.2, -0.15) is 0 Å². The van der Waals surface area contributed by atoms with Gasteiger partial charge in [0.1, 0.15) is 0 Å². The number of hydrogen-bond donors (Lipinski definition) is 0. The van der Waals surface area contributed by atoms with Gasteiger partial charge in [-0.25, -0.2) is 15.0 Å². The molecule has 0 amide bonds. The molecule has 5 heteroatoms. The van der Waals surface area contributed by atoms with Crippen molar-refractivity contribution in [3.63, 3.8) is 0 Å². The third-order valence-corrected chi connectivity index (χ3v) is 3.75. The van der Waals surface area contributed by atoms with Crippen LogP contribution in [0.5, 0.6) is 0 Å². The van der Waals surface area contributed by atoms with Crippen LogP contribution in [0.3, 0.4) is 0 Å². The average Bonchev–Trinajstić information content (AvgIpc) is 2.76. The van der Waals surface area contributed by atoms with Gasteiger partial charge in [-0.3, -0.25) is 4.79 Å². The lowest BCUT2D eigenvalue weighted by molar-refractivity contribution is 0.0971. The summed E-state index contributed by atoms with van der Waals surface area (Å²) in [6.07, 6.45) is 4.02. The summed E-state index contributed by atoms with van der Waals surface area (Å²) >= 11 is 1.53. The largest absolute Gasteiger partial charge is 0.294 e. The molecule has 0 aromatic carbocycles. The Bertz CT molecular complexity index is 591. The number of aryl methyl sites for hydroxylation is 2. The molecule has 0 saturated carbocycles. The lowest BCUT2D eigenvalue weighted by atomic mass is 9.96. The second kappa shape index (κ2) is 4.00. The molecule has 3 rings (SSSR count). The Kier molecular flexibility index (Phi) is 2.48. The van der Waals surface area contributed by atoms with Crippen molar-refractivity contribution in [2.75, 3.05) is 0 Å². The minimum atomic E-state index is 0.160. The summed E-state index contributed by atoms with van der Waals surface area (Å²) in [5.41, 5.74) is 2.54. The Labute approximate surface area is 103 Å².